The molecule has 0 bridgehead atoms. The normalized spacial score (nSPS) is 13.7. The van der Waals surface area contributed by atoms with Crippen molar-refractivity contribution in [1.29, 1.82) is 0 Å². The fourth-order valence-corrected chi connectivity index (χ4v) is 4.53. The molecule has 1 heterocycles. The molecular weight excluding hydrogens is 561 g/mol. The van der Waals surface area contributed by atoms with Crippen molar-refractivity contribution < 1.29 is 17.9 Å². The van der Waals surface area contributed by atoms with Gasteiger partial charge in [0.25, 0.3) is 0 Å². The van der Waals surface area contributed by atoms with Crippen LogP contribution in [0.2, 0.25) is 20.4 Å². The van der Waals surface area contributed by atoms with Gasteiger partial charge < -0.3 is 10.5 Å². The van der Waals surface area contributed by atoms with Crippen molar-refractivity contribution in [2.24, 2.45) is 11.7 Å². The fraction of sp³-hybridized carbons (Fsp3) is 0.429. The summed E-state index contributed by atoms with van der Waals surface area (Å²) in [5, 5.41) is -0.824. The zero-order valence-electron chi connectivity index (χ0n) is 14.0. The van der Waals surface area contributed by atoms with Crippen molar-refractivity contribution in [2.45, 2.75) is 22.7 Å². The molecule has 0 saturated heterocycles. The molecule has 0 aliphatic heterocycles. The molecule has 6 nitrogen and oxygen atoms in total. The topological polar surface area (TPSA) is 99.4 Å². The molecule has 1 aromatic heterocycles. The fourth-order valence-electron chi connectivity index (χ4n) is 1.56. The number of pyridine rings is 1. The first kappa shape index (κ1) is 26.0. The Labute approximate surface area is 186 Å². The number of nitrogens with two attached hydrogens (primary N) is 1. The second-order valence-corrected chi connectivity index (χ2v) is 10.3. The molecule has 0 aliphatic carbocycles. The standard InChI is InChI=1S/C8H14INO2.C6H3Cl4NO2S/c1-3-4-7(6(2)9)5-12-8(10)11;1-14(12,13)4-2(7)5(9)11-6(10)3(4)8/h3-4,6-7H,5H2,1-2H3,(H2,10,11);1H3. The van der Waals surface area contributed by atoms with Crippen LogP contribution >= 0.6 is 69.0 Å². The lowest BCUT2D eigenvalue weighted by Crippen LogP contribution is -2.21. The Bertz CT molecular complexity index is 746. The minimum absolute atomic E-state index is 0.193. The highest BCUT2D eigenvalue weighted by molar-refractivity contribution is 14.1. The number of carbonyl (C=O) groups is 1. The van der Waals surface area contributed by atoms with Crippen LogP contribution in [0.5, 0.6) is 0 Å². The monoisotopic (exact) mass is 576 g/mol. The summed E-state index contributed by atoms with van der Waals surface area (Å²) in [6.07, 6.45) is 4.21. The van der Waals surface area contributed by atoms with Crippen LogP contribution in [0.15, 0.2) is 17.0 Å². The SMILES string of the molecule is CC=CC(COC(N)=O)C(C)I.CS(=O)(=O)c1c(Cl)c(Cl)nc(Cl)c1Cl. The number of carbonyl (C=O) groups excluding carboxylic acids is 1. The van der Waals surface area contributed by atoms with Crippen LogP contribution in [0.3, 0.4) is 0 Å². The summed E-state index contributed by atoms with van der Waals surface area (Å²) >= 11 is 24.7. The minimum Gasteiger partial charge on any atom is -0.449 e. The van der Waals surface area contributed by atoms with Crippen molar-refractivity contribution >= 4 is 84.9 Å². The van der Waals surface area contributed by atoms with Gasteiger partial charge in [-0.05, 0) is 6.92 Å². The van der Waals surface area contributed by atoms with Crippen molar-refractivity contribution in [2.75, 3.05) is 12.9 Å². The number of rotatable bonds is 5. The Morgan fingerprint density at radius 2 is 1.73 bits per heavy atom. The largest absolute Gasteiger partial charge is 0.449 e. The first-order valence-corrected chi connectivity index (χ1v) is 11.6. The summed E-state index contributed by atoms with van der Waals surface area (Å²) in [6, 6.07) is 0. The number of ether oxygens (including phenoxy) is 1. The van der Waals surface area contributed by atoms with Crippen molar-refractivity contribution in [3.8, 4) is 0 Å². The van der Waals surface area contributed by atoms with Gasteiger partial charge in [0.05, 0.1) is 10.0 Å². The van der Waals surface area contributed by atoms with E-state index in [-0.39, 0.29) is 31.2 Å². The van der Waals surface area contributed by atoms with Gasteiger partial charge in [0.15, 0.2) is 20.1 Å². The molecule has 148 valence electrons. The maximum atomic E-state index is 11.3. The van der Waals surface area contributed by atoms with Crippen molar-refractivity contribution in [3.63, 3.8) is 0 Å². The lowest BCUT2D eigenvalue weighted by molar-refractivity contribution is 0.145. The molecule has 1 amide bonds. The van der Waals surface area contributed by atoms with Gasteiger partial charge in [0.1, 0.15) is 11.5 Å². The van der Waals surface area contributed by atoms with E-state index in [0.717, 1.165) is 6.26 Å². The van der Waals surface area contributed by atoms with E-state index in [1.807, 2.05) is 19.1 Å². The van der Waals surface area contributed by atoms with Gasteiger partial charge in [-0.15, -0.1) is 0 Å². The second kappa shape index (κ2) is 11.8. The van der Waals surface area contributed by atoms with Crippen molar-refractivity contribution in [1.82, 2.24) is 4.98 Å². The smallest absolute Gasteiger partial charge is 0.404 e. The van der Waals surface area contributed by atoms with E-state index in [1.165, 1.54) is 0 Å². The van der Waals surface area contributed by atoms with Crippen LogP contribution in [0.4, 0.5) is 4.79 Å². The van der Waals surface area contributed by atoms with Crippen molar-refractivity contribution in [3.05, 3.63) is 32.5 Å². The molecule has 0 aliphatic rings. The van der Waals surface area contributed by atoms with Gasteiger partial charge in [-0.3, -0.25) is 0 Å². The Morgan fingerprint density at radius 3 is 2.04 bits per heavy atom. The quantitative estimate of drug-likeness (QED) is 0.225. The summed E-state index contributed by atoms with van der Waals surface area (Å²) in [5.41, 5.74) is 4.85. The highest BCUT2D eigenvalue weighted by Gasteiger charge is 2.23. The predicted molar refractivity (Wildman–Crippen MR) is 115 cm³/mol. The van der Waals surface area contributed by atoms with Crippen LogP contribution in [0.25, 0.3) is 0 Å². The van der Waals surface area contributed by atoms with Gasteiger partial charge in [-0.25, -0.2) is 18.2 Å². The number of alkyl halides is 1. The van der Waals surface area contributed by atoms with E-state index in [0.29, 0.717) is 10.5 Å². The molecule has 0 aromatic carbocycles. The molecular formula is C14H17Cl4IN2O4S. The lowest BCUT2D eigenvalue weighted by Gasteiger charge is -2.14. The molecule has 2 unspecified atom stereocenters. The maximum absolute atomic E-state index is 11.3. The molecule has 2 atom stereocenters. The van der Waals surface area contributed by atoms with Crippen LogP contribution in [-0.2, 0) is 14.6 Å². The average molecular weight is 578 g/mol. The van der Waals surface area contributed by atoms with E-state index < -0.39 is 15.9 Å². The Morgan fingerprint density at radius 1 is 1.27 bits per heavy atom. The predicted octanol–water partition coefficient (Wildman–Crippen LogP) is 5.20. The Kier molecular flexibility index (Phi) is 11.8. The number of aromatic nitrogens is 1. The van der Waals surface area contributed by atoms with E-state index in [9.17, 15) is 13.2 Å². The number of amides is 1. The molecule has 0 fully saturated rings. The highest BCUT2D eigenvalue weighted by atomic mass is 127. The van der Waals surface area contributed by atoms with Crippen LogP contribution in [0, 0.1) is 5.92 Å². The third-order valence-corrected chi connectivity index (χ3v) is 6.55. The van der Waals surface area contributed by atoms with E-state index in [2.05, 4.69) is 34.5 Å². The number of allylic oxidation sites excluding steroid dienone is 1. The summed E-state index contributed by atoms with van der Waals surface area (Å²) in [5.74, 6) is 0.253. The van der Waals surface area contributed by atoms with Gasteiger partial charge in [-0.2, -0.15) is 0 Å². The average Bonchev–Trinajstić information content (AvgIpc) is 2.48. The number of primary amides is 1. The molecule has 1 aromatic rings. The molecule has 2 N–H and O–H groups in total. The highest BCUT2D eigenvalue weighted by Crippen LogP contribution is 2.37. The Balaban J connectivity index is 0.000000488. The second-order valence-electron chi connectivity index (χ2n) is 4.92. The van der Waals surface area contributed by atoms with Gasteiger partial charge in [0, 0.05) is 16.1 Å². The maximum Gasteiger partial charge on any atom is 0.404 e. The first-order valence-electron chi connectivity index (χ1n) is 6.92. The van der Waals surface area contributed by atoms with Crippen LogP contribution in [-0.4, -0.2) is 36.3 Å². The summed E-state index contributed by atoms with van der Waals surface area (Å²) in [7, 11) is -3.58. The summed E-state index contributed by atoms with van der Waals surface area (Å²) < 4.78 is 27.7. The zero-order valence-corrected chi connectivity index (χ0v) is 20.0. The third kappa shape index (κ3) is 8.79. The van der Waals surface area contributed by atoms with Gasteiger partial charge >= 0.3 is 6.09 Å². The molecule has 0 radical (unpaired) electrons. The molecule has 1 rings (SSSR count). The summed E-state index contributed by atoms with van der Waals surface area (Å²) in [6.45, 7) is 4.37. The minimum atomic E-state index is -3.58. The molecule has 26 heavy (non-hydrogen) atoms. The van der Waals surface area contributed by atoms with Gasteiger partial charge in [0.2, 0.25) is 0 Å². The molecule has 0 saturated carbocycles. The molecule has 0 spiro atoms. The number of hydrogen-bond donors (Lipinski definition) is 1. The van der Waals surface area contributed by atoms with Gasteiger partial charge in [-0.1, -0.05) is 88.1 Å². The number of nitrogens with zero attached hydrogens (tertiary/aromatic N) is 1. The number of sulfone groups is 1. The third-order valence-electron chi connectivity index (χ3n) is 2.78. The van der Waals surface area contributed by atoms with E-state index in [1.54, 1.807) is 0 Å². The Hall–Kier alpha value is -0.000000000000000167. The van der Waals surface area contributed by atoms with E-state index in [4.69, 9.17) is 56.9 Å². The van der Waals surface area contributed by atoms with Crippen LogP contribution in [0.1, 0.15) is 13.8 Å². The summed E-state index contributed by atoms with van der Waals surface area (Å²) in [4.78, 5) is 13.6. The van der Waals surface area contributed by atoms with Crippen LogP contribution < -0.4 is 5.73 Å². The lowest BCUT2D eigenvalue weighted by atomic mass is 10.1. The number of halogens is 5. The van der Waals surface area contributed by atoms with E-state index >= 15 is 0 Å². The zero-order chi connectivity index (χ0) is 20.7. The first-order chi connectivity index (χ1) is 11.8. The number of hydrogen-bond acceptors (Lipinski definition) is 5. The molecule has 12 heteroatoms.